The molecule has 1 aliphatic carbocycles. The van der Waals surface area contributed by atoms with Gasteiger partial charge in [0.05, 0.1) is 11.3 Å². The molecule has 1 saturated carbocycles. The molecule has 1 aromatic heterocycles. The van der Waals surface area contributed by atoms with Gasteiger partial charge in [-0.25, -0.2) is 4.68 Å². The van der Waals surface area contributed by atoms with Crippen molar-refractivity contribution < 1.29 is 4.79 Å². The van der Waals surface area contributed by atoms with Gasteiger partial charge in [-0.1, -0.05) is 24.6 Å². The summed E-state index contributed by atoms with van der Waals surface area (Å²) in [5, 5.41) is 12.5. The van der Waals surface area contributed by atoms with Crippen LogP contribution in [0, 0.1) is 0 Å². The first kappa shape index (κ1) is 13.9. The fourth-order valence-corrected chi connectivity index (χ4v) is 3.51. The Labute approximate surface area is 123 Å². The van der Waals surface area contributed by atoms with Gasteiger partial charge in [-0.3, -0.25) is 4.79 Å². The largest absolute Gasteiger partial charge is 0.342 e. The van der Waals surface area contributed by atoms with Gasteiger partial charge in [-0.15, -0.1) is 5.10 Å². The van der Waals surface area contributed by atoms with Crippen molar-refractivity contribution in [2.24, 2.45) is 0 Å². The molecule has 2 heterocycles. The fourth-order valence-electron chi connectivity index (χ4n) is 2.57. The van der Waals surface area contributed by atoms with E-state index >= 15 is 0 Å². The van der Waals surface area contributed by atoms with Crippen LogP contribution < -0.4 is 0 Å². The molecule has 0 radical (unpaired) electrons. The van der Waals surface area contributed by atoms with Crippen LogP contribution in [0.1, 0.15) is 51.5 Å². The molecular formula is C13H21N5OS. The van der Waals surface area contributed by atoms with E-state index in [1.807, 2.05) is 16.5 Å². The lowest BCUT2D eigenvalue weighted by atomic mass is 10.2. The van der Waals surface area contributed by atoms with E-state index in [0.717, 1.165) is 43.9 Å². The topological polar surface area (TPSA) is 63.9 Å². The van der Waals surface area contributed by atoms with Crippen molar-refractivity contribution in [1.82, 2.24) is 25.1 Å². The van der Waals surface area contributed by atoms with Crippen molar-refractivity contribution in [1.29, 1.82) is 0 Å². The quantitative estimate of drug-likeness (QED) is 0.794. The summed E-state index contributed by atoms with van der Waals surface area (Å²) in [6, 6.07) is 0.452. The summed E-state index contributed by atoms with van der Waals surface area (Å²) < 4.78 is 1.87. The summed E-state index contributed by atoms with van der Waals surface area (Å²) in [6.07, 6.45) is 7.03. The van der Waals surface area contributed by atoms with E-state index < -0.39 is 0 Å². The molecular weight excluding hydrogens is 274 g/mol. The third-order valence-corrected chi connectivity index (χ3v) is 4.94. The summed E-state index contributed by atoms with van der Waals surface area (Å²) in [4.78, 5) is 14.5. The molecule has 0 bridgehead atoms. The number of hydrogen-bond donors (Lipinski definition) is 0. The molecule has 1 aliphatic heterocycles. The van der Waals surface area contributed by atoms with Crippen LogP contribution >= 0.6 is 11.8 Å². The second kappa shape index (κ2) is 6.11. The minimum absolute atomic E-state index is 0.114. The van der Waals surface area contributed by atoms with Crippen LogP contribution in [0.15, 0.2) is 5.16 Å². The Morgan fingerprint density at radius 1 is 1.25 bits per heavy atom. The average Bonchev–Trinajstić information content (AvgIpc) is 3.24. The molecule has 1 saturated heterocycles. The van der Waals surface area contributed by atoms with Gasteiger partial charge in [-0.05, 0) is 43.0 Å². The van der Waals surface area contributed by atoms with Gasteiger partial charge in [-0.2, -0.15) is 0 Å². The minimum Gasteiger partial charge on any atom is -0.342 e. The zero-order valence-corrected chi connectivity index (χ0v) is 12.7. The maximum atomic E-state index is 12.5. The number of carbonyl (C=O) groups excluding carboxylic acids is 1. The van der Waals surface area contributed by atoms with Crippen LogP contribution in [-0.2, 0) is 4.79 Å². The number of hydrogen-bond acceptors (Lipinski definition) is 5. The molecule has 110 valence electrons. The lowest BCUT2D eigenvalue weighted by molar-refractivity contribution is -0.130. The normalized spacial score (nSPS) is 21.6. The van der Waals surface area contributed by atoms with Crippen LogP contribution in [0.5, 0.6) is 0 Å². The van der Waals surface area contributed by atoms with E-state index in [1.54, 1.807) is 0 Å². The van der Waals surface area contributed by atoms with Gasteiger partial charge in [0.25, 0.3) is 0 Å². The van der Waals surface area contributed by atoms with Crippen LogP contribution in [0.25, 0.3) is 0 Å². The third-order valence-electron chi connectivity index (χ3n) is 3.90. The molecule has 0 unspecified atom stereocenters. The highest BCUT2D eigenvalue weighted by atomic mass is 32.2. The monoisotopic (exact) mass is 295 g/mol. The lowest BCUT2D eigenvalue weighted by Gasteiger charge is -2.23. The van der Waals surface area contributed by atoms with Crippen molar-refractivity contribution in [2.45, 2.75) is 61.9 Å². The van der Waals surface area contributed by atoms with E-state index in [0.29, 0.717) is 6.04 Å². The van der Waals surface area contributed by atoms with E-state index in [2.05, 4.69) is 15.5 Å². The van der Waals surface area contributed by atoms with Gasteiger partial charge in [0.2, 0.25) is 11.1 Å². The molecule has 0 N–H and O–H groups in total. The molecule has 6 nitrogen and oxygen atoms in total. The first-order valence-electron chi connectivity index (χ1n) is 7.49. The van der Waals surface area contributed by atoms with Crippen LogP contribution in [0.3, 0.4) is 0 Å². The number of likely N-dealkylation sites (tertiary alicyclic amines) is 1. The molecule has 2 fully saturated rings. The van der Waals surface area contributed by atoms with Crippen molar-refractivity contribution >= 4 is 17.7 Å². The number of rotatable bonds is 4. The van der Waals surface area contributed by atoms with Crippen molar-refractivity contribution in [3.05, 3.63) is 0 Å². The molecule has 1 atom stereocenters. The highest BCUT2D eigenvalue weighted by molar-refractivity contribution is 8.00. The number of nitrogens with zero attached hydrogens (tertiary/aromatic N) is 5. The number of tetrazole rings is 1. The zero-order chi connectivity index (χ0) is 13.9. The average molecular weight is 295 g/mol. The van der Waals surface area contributed by atoms with E-state index in [9.17, 15) is 4.79 Å². The van der Waals surface area contributed by atoms with Crippen LogP contribution in [-0.4, -0.2) is 49.4 Å². The highest BCUT2D eigenvalue weighted by Gasteiger charge is 2.30. The standard InChI is InChI=1S/C13H21N5OS/c1-10(12(19)17-8-4-2-3-5-9-17)20-13-14-15-16-18(13)11-6-7-11/h10-11H,2-9H2,1H3/t10-/m1/s1. The zero-order valence-electron chi connectivity index (χ0n) is 11.9. The molecule has 20 heavy (non-hydrogen) atoms. The summed E-state index contributed by atoms with van der Waals surface area (Å²) in [5.74, 6) is 0.224. The van der Waals surface area contributed by atoms with Gasteiger partial charge in [0.1, 0.15) is 0 Å². The number of amides is 1. The summed E-state index contributed by atoms with van der Waals surface area (Å²) in [6.45, 7) is 3.76. The van der Waals surface area contributed by atoms with Crippen molar-refractivity contribution in [3.63, 3.8) is 0 Å². The first-order valence-corrected chi connectivity index (χ1v) is 8.37. The first-order chi connectivity index (χ1) is 9.75. The van der Waals surface area contributed by atoms with Gasteiger partial charge in [0, 0.05) is 13.1 Å². The second-order valence-corrected chi connectivity index (χ2v) is 6.94. The molecule has 1 amide bonds. The van der Waals surface area contributed by atoms with Crippen molar-refractivity contribution in [3.8, 4) is 0 Å². The minimum atomic E-state index is -0.114. The SMILES string of the molecule is C[C@@H](Sc1nnnn1C1CC1)C(=O)N1CCCCCC1. The summed E-state index contributed by atoms with van der Waals surface area (Å²) >= 11 is 1.49. The molecule has 0 spiro atoms. The second-order valence-electron chi connectivity index (χ2n) is 5.64. The van der Waals surface area contributed by atoms with E-state index in [1.165, 1.54) is 24.6 Å². The Balaban J connectivity index is 1.61. The maximum absolute atomic E-state index is 12.5. The number of aromatic nitrogens is 4. The smallest absolute Gasteiger partial charge is 0.235 e. The van der Waals surface area contributed by atoms with Gasteiger partial charge in [0.15, 0.2) is 0 Å². The predicted molar refractivity (Wildman–Crippen MR) is 76.5 cm³/mol. The Morgan fingerprint density at radius 3 is 2.60 bits per heavy atom. The van der Waals surface area contributed by atoms with Gasteiger partial charge < -0.3 is 4.90 Å². The lowest BCUT2D eigenvalue weighted by Crippen LogP contribution is -2.37. The Kier molecular flexibility index (Phi) is 4.24. The highest BCUT2D eigenvalue weighted by Crippen LogP contribution is 2.37. The summed E-state index contributed by atoms with van der Waals surface area (Å²) in [7, 11) is 0. The van der Waals surface area contributed by atoms with Crippen LogP contribution in [0.2, 0.25) is 0 Å². The molecule has 3 rings (SSSR count). The van der Waals surface area contributed by atoms with E-state index in [-0.39, 0.29) is 11.2 Å². The summed E-state index contributed by atoms with van der Waals surface area (Å²) in [5.41, 5.74) is 0. The molecule has 0 aromatic carbocycles. The Bertz CT molecular complexity index is 465. The van der Waals surface area contributed by atoms with E-state index in [4.69, 9.17) is 0 Å². The van der Waals surface area contributed by atoms with Gasteiger partial charge >= 0.3 is 0 Å². The molecule has 7 heteroatoms. The predicted octanol–water partition coefficient (Wildman–Crippen LogP) is 1.89. The fraction of sp³-hybridized carbons (Fsp3) is 0.846. The molecule has 1 aromatic rings. The molecule has 2 aliphatic rings. The Morgan fingerprint density at radius 2 is 1.95 bits per heavy atom. The number of carbonyl (C=O) groups is 1. The third kappa shape index (κ3) is 3.13. The Hall–Kier alpha value is -1.11. The maximum Gasteiger partial charge on any atom is 0.235 e. The van der Waals surface area contributed by atoms with Crippen LogP contribution in [0.4, 0.5) is 0 Å². The number of thioether (sulfide) groups is 1. The van der Waals surface area contributed by atoms with Crippen molar-refractivity contribution in [2.75, 3.05) is 13.1 Å².